The number of hydrogen-bond donors (Lipinski definition) is 1. The first-order valence-electron chi connectivity index (χ1n) is 8.09. The van der Waals surface area contributed by atoms with Gasteiger partial charge in [0.1, 0.15) is 0 Å². The van der Waals surface area contributed by atoms with E-state index in [0.29, 0.717) is 5.92 Å². The van der Waals surface area contributed by atoms with Gasteiger partial charge in [-0.05, 0) is 55.7 Å². The first kappa shape index (κ1) is 14.6. The standard InChI is InChI=1S/C18H29N/c1-3-13-19-14-18(16-10-5-4-6-11-16)17-12-8-7-9-15(17)2/h7-9,12,16,18-19H,3-6,10-11,13-14H2,1-2H3. The summed E-state index contributed by atoms with van der Waals surface area (Å²) in [5.41, 5.74) is 3.05. The van der Waals surface area contributed by atoms with Gasteiger partial charge in [0.25, 0.3) is 0 Å². The predicted molar refractivity (Wildman–Crippen MR) is 83.7 cm³/mol. The maximum absolute atomic E-state index is 3.66. The van der Waals surface area contributed by atoms with E-state index in [1.807, 2.05) is 0 Å². The smallest absolute Gasteiger partial charge is 0.00229 e. The van der Waals surface area contributed by atoms with E-state index in [2.05, 4.69) is 43.4 Å². The highest BCUT2D eigenvalue weighted by molar-refractivity contribution is 5.30. The lowest BCUT2D eigenvalue weighted by Gasteiger charge is -2.32. The molecular formula is C18H29N. The van der Waals surface area contributed by atoms with Crippen molar-refractivity contribution in [1.29, 1.82) is 0 Å². The third kappa shape index (κ3) is 4.07. The van der Waals surface area contributed by atoms with Gasteiger partial charge in [0.05, 0.1) is 0 Å². The molecule has 1 nitrogen and oxygen atoms in total. The Hall–Kier alpha value is -0.820. The monoisotopic (exact) mass is 259 g/mol. The van der Waals surface area contributed by atoms with Gasteiger partial charge in [-0.3, -0.25) is 0 Å². The third-order valence-electron chi connectivity index (χ3n) is 4.60. The van der Waals surface area contributed by atoms with E-state index in [-0.39, 0.29) is 0 Å². The van der Waals surface area contributed by atoms with Crippen molar-refractivity contribution < 1.29 is 0 Å². The van der Waals surface area contributed by atoms with Crippen molar-refractivity contribution in [1.82, 2.24) is 5.32 Å². The summed E-state index contributed by atoms with van der Waals surface area (Å²) >= 11 is 0. The molecule has 1 heteroatoms. The quantitative estimate of drug-likeness (QED) is 0.733. The highest BCUT2D eigenvalue weighted by atomic mass is 14.9. The van der Waals surface area contributed by atoms with Crippen LogP contribution in [0.5, 0.6) is 0 Å². The maximum atomic E-state index is 3.66. The van der Waals surface area contributed by atoms with Crippen LogP contribution in [0.4, 0.5) is 0 Å². The summed E-state index contributed by atoms with van der Waals surface area (Å²) in [6, 6.07) is 8.99. The van der Waals surface area contributed by atoms with Crippen molar-refractivity contribution in [3.05, 3.63) is 35.4 Å². The van der Waals surface area contributed by atoms with E-state index < -0.39 is 0 Å². The number of benzene rings is 1. The van der Waals surface area contributed by atoms with Crippen LogP contribution in [-0.2, 0) is 0 Å². The van der Waals surface area contributed by atoms with Crippen LogP contribution in [0.3, 0.4) is 0 Å². The topological polar surface area (TPSA) is 12.0 Å². The minimum atomic E-state index is 0.716. The molecule has 2 rings (SSSR count). The fourth-order valence-corrected chi connectivity index (χ4v) is 3.50. The molecular weight excluding hydrogens is 230 g/mol. The zero-order valence-corrected chi connectivity index (χ0v) is 12.6. The number of aryl methyl sites for hydroxylation is 1. The minimum Gasteiger partial charge on any atom is -0.316 e. The second-order valence-corrected chi connectivity index (χ2v) is 6.07. The molecule has 0 heterocycles. The van der Waals surface area contributed by atoms with E-state index in [9.17, 15) is 0 Å². The van der Waals surface area contributed by atoms with Gasteiger partial charge in [-0.15, -0.1) is 0 Å². The summed E-state index contributed by atoms with van der Waals surface area (Å²) in [5.74, 6) is 1.60. The van der Waals surface area contributed by atoms with Crippen LogP contribution >= 0.6 is 0 Å². The summed E-state index contributed by atoms with van der Waals surface area (Å²) in [4.78, 5) is 0. The molecule has 0 saturated heterocycles. The normalized spacial score (nSPS) is 18.4. The molecule has 1 aliphatic rings. The van der Waals surface area contributed by atoms with Gasteiger partial charge in [-0.2, -0.15) is 0 Å². The molecule has 1 saturated carbocycles. The Morgan fingerprint density at radius 1 is 1.16 bits per heavy atom. The molecule has 1 aromatic rings. The van der Waals surface area contributed by atoms with Gasteiger partial charge in [0.2, 0.25) is 0 Å². The Morgan fingerprint density at radius 2 is 1.89 bits per heavy atom. The van der Waals surface area contributed by atoms with E-state index in [1.165, 1.54) is 44.1 Å². The van der Waals surface area contributed by atoms with Crippen LogP contribution < -0.4 is 5.32 Å². The average molecular weight is 259 g/mol. The molecule has 1 atom stereocenters. The number of hydrogen-bond acceptors (Lipinski definition) is 1. The molecule has 1 fully saturated rings. The minimum absolute atomic E-state index is 0.716. The van der Waals surface area contributed by atoms with Crippen molar-refractivity contribution in [2.45, 2.75) is 58.3 Å². The largest absolute Gasteiger partial charge is 0.316 e. The fourth-order valence-electron chi connectivity index (χ4n) is 3.50. The average Bonchev–Trinajstić information content (AvgIpc) is 2.46. The Morgan fingerprint density at radius 3 is 2.58 bits per heavy atom. The molecule has 0 amide bonds. The summed E-state index contributed by atoms with van der Waals surface area (Å²) in [6.07, 6.45) is 8.38. The van der Waals surface area contributed by atoms with Gasteiger partial charge in [0.15, 0.2) is 0 Å². The molecule has 1 aliphatic carbocycles. The second-order valence-electron chi connectivity index (χ2n) is 6.07. The van der Waals surface area contributed by atoms with Crippen molar-refractivity contribution >= 4 is 0 Å². The molecule has 1 aromatic carbocycles. The fraction of sp³-hybridized carbons (Fsp3) is 0.667. The Balaban J connectivity index is 2.10. The lowest BCUT2D eigenvalue weighted by atomic mass is 9.75. The van der Waals surface area contributed by atoms with Crippen LogP contribution in [0.15, 0.2) is 24.3 Å². The molecule has 106 valence electrons. The lowest BCUT2D eigenvalue weighted by molar-refractivity contribution is 0.296. The van der Waals surface area contributed by atoms with Crippen molar-refractivity contribution in [3.63, 3.8) is 0 Å². The van der Waals surface area contributed by atoms with Gasteiger partial charge in [-0.1, -0.05) is 50.5 Å². The molecule has 0 aliphatic heterocycles. The zero-order chi connectivity index (χ0) is 13.5. The van der Waals surface area contributed by atoms with Crippen molar-refractivity contribution in [2.24, 2.45) is 5.92 Å². The summed E-state index contributed by atoms with van der Waals surface area (Å²) < 4.78 is 0. The van der Waals surface area contributed by atoms with Crippen molar-refractivity contribution in [2.75, 3.05) is 13.1 Å². The molecule has 0 spiro atoms. The lowest BCUT2D eigenvalue weighted by Crippen LogP contribution is -2.29. The number of rotatable bonds is 6. The van der Waals surface area contributed by atoms with E-state index in [0.717, 1.165) is 19.0 Å². The van der Waals surface area contributed by atoms with Crippen LogP contribution in [0, 0.1) is 12.8 Å². The summed E-state index contributed by atoms with van der Waals surface area (Å²) in [6.45, 7) is 6.82. The van der Waals surface area contributed by atoms with E-state index >= 15 is 0 Å². The van der Waals surface area contributed by atoms with Gasteiger partial charge in [-0.25, -0.2) is 0 Å². The molecule has 0 radical (unpaired) electrons. The molecule has 1 unspecified atom stereocenters. The third-order valence-corrected chi connectivity index (χ3v) is 4.60. The Labute approximate surface area is 118 Å². The Bertz CT molecular complexity index is 366. The molecule has 19 heavy (non-hydrogen) atoms. The maximum Gasteiger partial charge on any atom is 0.00229 e. The van der Waals surface area contributed by atoms with Crippen molar-refractivity contribution in [3.8, 4) is 0 Å². The first-order valence-corrected chi connectivity index (χ1v) is 8.09. The zero-order valence-electron chi connectivity index (χ0n) is 12.6. The predicted octanol–water partition coefficient (Wildman–Crippen LogP) is 4.66. The van der Waals surface area contributed by atoms with Crippen LogP contribution in [0.25, 0.3) is 0 Å². The molecule has 0 aromatic heterocycles. The second kappa shape index (κ2) is 7.69. The summed E-state index contributed by atoms with van der Waals surface area (Å²) in [5, 5.41) is 3.66. The van der Waals surface area contributed by atoms with Gasteiger partial charge < -0.3 is 5.32 Å². The van der Waals surface area contributed by atoms with E-state index in [1.54, 1.807) is 5.56 Å². The highest BCUT2D eigenvalue weighted by Gasteiger charge is 2.25. The van der Waals surface area contributed by atoms with Gasteiger partial charge >= 0.3 is 0 Å². The number of nitrogens with one attached hydrogen (secondary N) is 1. The van der Waals surface area contributed by atoms with Gasteiger partial charge in [0, 0.05) is 6.54 Å². The molecule has 1 N–H and O–H groups in total. The SMILES string of the molecule is CCCNCC(c1ccccc1C)C1CCCCC1. The van der Waals surface area contributed by atoms with Crippen LogP contribution in [0.2, 0.25) is 0 Å². The highest BCUT2D eigenvalue weighted by Crippen LogP contribution is 2.36. The molecule has 0 bridgehead atoms. The first-order chi connectivity index (χ1) is 9.33. The van der Waals surface area contributed by atoms with Crippen LogP contribution in [0.1, 0.15) is 62.5 Å². The summed E-state index contributed by atoms with van der Waals surface area (Å²) in [7, 11) is 0. The van der Waals surface area contributed by atoms with E-state index in [4.69, 9.17) is 0 Å². The van der Waals surface area contributed by atoms with Crippen LogP contribution in [-0.4, -0.2) is 13.1 Å². The Kier molecular flexibility index (Phi) is 5.91.